The summed E-state index contributed by atoms with van der Waals surface area (Å²) in [5.74, 6) is 0. The molecule has 0 amide bonds. The maximum atomic E-state index is 5.86. The van der Waals surface area contributed by atoms with Gasteiger partial charge in [0.2, 0.25) is 0 Å². The summed E-state index contributed by atoms with van der Waals surface area (Å²) in [6, 6.07) is 0. The molecule has 1 saturated heterocycles. The van der Waals surface area contributed by atoms with Gasteiger partial charge in [-0.25, -0.2) is 0 Å². The molecule has 1 aliphatic heterocycles. The largest absolute Gasteiger partial charge is 0.373 e. The van der Waals surface area contributed by atoms with Crippen molar-refractivity contribution in [2.45, 2.75) is 57.1 Å². The smallest absolute Gasteiger partial charge is 0.0882 e. The Morgan fingerprint density at radius 3 is 2.46 bits per heavy atom. The average Bonchev–Trinajstić information content (AvgIpc) is 2.02. The Labute approximate surface area is 81.0 Å². The third kappa shape index (κ3) is 1.31. The molecule has 1 aliphatic carbocycles. The monoisotopic (exact) mass is 183 g/mol. The Morgan fingerprint density at radius 1 is 1.23 bits per heavy atom. The molecule has 0 aromatic rings. The van der Waals surface area contributed by atoms with Gasteiger partial charge in [0.25, 0.3) is 0 Å². The summed E-state index contributed by atoms with van der Waals surface area (Å²) in [7, 11) is 0. The quantitative estimate of drug-likeness (QED) is 0.707. The molecule has 0 aromatic carbocycles. The highest BCUT2D eigenvalue weighted by Crippen LogP contribution is 2.47. The van der Waals surface area contributed by atoms with Crippen LogP contribution in [-0.2, 0) is 4.74 Å². The van der Waals surface area contributed by atoms with Crippen LogP contribution in [0.1, 0.15) is 46.0 Å². The van der Waals surface area contributed by atoms with Gasteiger partial charge >= 0.3 is 0 Å². The summed E-state index contributed by atoms with van der Waals surface area (Å²) >= 11 is 0. The molecule has 2 fully saturated rings. The molecular formula is C11H21NO. The van der Waals surface area contributed by atoms with E-state index in [2.05, 4.69) is 19.2 Å². The van der Waals surface area contributed by atoms with Crippen molar-refractivity contribution in [2.75, 3.05) is 13.2 Å². The van der Waals surface area contributed by atoms with Crippen LogP contribution in [0, 0.1) is 0 Å². The molecule has 1 N–H and O–H groups in total. The number of hydrogen-bond donors (Lipinski definition) is 1. The number of likely N-dealkylation sites (N-methyl/N-ethyl adjacent to an activating group) is 1. The first-order valence-electron chi connectivity index (χ1n) is 5.61. The molecule has 13 heavy (non-hydrogen) atoms. The third-order valence-corrected chi connectivity index (χ3v) is 3.96. The van der Waals surface area contributed by atoms with Crippen molar-refractivity contribution >= 4 is 0 Å². The Hall–Kier alpha value is -0.0800. The first-order chi connectivity index (χ1) is 6.22. The van der Waals surface area contributed by atoms with Gasteiger partial charge in [0, 0.05) is 12.0 Å². The Morgan fingerprint density at radius 2 is 1.92 bits per heavy atom. The summed E-state index contributed by atoms with van der Waals surface area (Å²) in [6.07, 6.45) is 6.50. The van der Waals surface area contributed by atoms with Crippen LogP contribution in [0.5, 0.6) is 0 Å². The molecule has 1 spiro atoms. The molecular weight excluding hydrogens is 162 g/mol. The third-order valence-electron chi connectivity index (χ3n) is 3.96. The minimum absolute atomic E-state index is 0.196. The van der Waals surface area contributed by atoms with E-state index in [0.717, 1.165) is 13.2 Å². The molecule has 1 unspecified atom stereocenters. The van der Waals surface area contributed by atoms with Crippen molar-refractivity contribution < 1.29 is 4.74 Å². The van der Waals surface area contributed by atoms with E-state index in [1.165, 1.54) is 32.1 Å². The lowest BCUT2D eigenvalue weighted by atomic mass is 9.66. The van der Waals surface area contributed by atoms with Crippen LogP contribution in [0.15, 0.2) is 0 Å². The van der Waals surface area contributed by atoms with Gasteiger partial charge in [0.15, 0.2) is 0 Å². The first-order valence-corrected chi connectivity index (χ1v) is 5.61. The predicted octanol–water partition coefficient (Wildman–Crippen LogP) is 2.09. The summed E-state index contributed by atoms with van der Waals surface area (Å²) in [6.45, 7) is 6.56. The fourth-order valence-electron chi connectivity index (χ4n) is 3.01. The highest BCUT2D eigenvalue weighted by atomic mass is 16.5. The van der Waals surface area contributed by atoms with Crippen molar-refractivity contribution in [3.05, 3.63) is 0 Å². The second-order valence-electron chi connectivity index (χ2n) is 4.66. The maximum Gasteiger partial charge on any atom is 0.0882 e. The molecule has 0 aromatic heterocycles. The van der Waals surface area contributed by atoms with Crippen LogP contribution in [-0.4, -0.2) is 24.3 Å². The van der Waals surface area contributed by atoms with E-state index in [1.54, 1.807) is 0 Å². The fourth-order valence-corrected chi connectivity index (χ4v) is 3.01. The van der Waals surface area contributed by atoms with Crippen LogP contribution < -0.4 is 5.32 Å². The minimum Gasteiger partial charge on any atom is -0.373 e. The average molecular weight is 183 g/mol. The van der Waals surface area contributed by atoms with E-state index >= 15 is 0 Å². The molecule has 0 bridgehead atoms. The van der Waals surface area contributed by atoms with Crippen molar-refractivity contribution in [1.29, 1.82) is 0 Å². The van der Waals surface area contributed by atoms with Gasteiger partial charge < -0.3 is 10.1 Å². The van der Waals surface area contributed by atoms with Gasteiger partial charge in [-0.15, -0.1) is 0 Å². The molecule has 2 aliphatic rings. The Bertz CT molecular complexity index is 185. The van der Waals surface area contributed by atoms with Gasteiger partial charge in [0.1, 0.15) is 0 Å². The zero-order chi connectivity index (χ0) is 9.36. The van der Waals surface area contributed by atoms with E-state index in [1.807, 2.05) is 0 Å². The van der Waals surface area contributed by atoms with Crippen LogP contribution in [0.2, 0.25) is 0 Å². The van der Waals surface area contributed by atoms with Crippen molar-refractivity contribution in [3.63, 3.8) is 0 Å². The second-order valence-corrected chi connectivity index (χ2v) is 4.66. The first kappa shape index (κ1) is 9.47. The highest BCUT2D eigenvalue weighted by molar-refractivity contribution is 5.09. The molecule has 1 saturated carbocycles. The summed E-state index contributed by atoms with van der Waals surface area (Å²) in [5.41, 5.74) is 0.444. The van der Waals surface area contributed by atoms with E-state index in [-0.39, 0.29) is 11.1 Å². The topological polar surface area (TPSA) is 21.3 Å². The van der Waals surface area contributed by atoms with Gasteiger partial charge in [-0.1, -0.05) is 19.8 Å². The zero-order valence-electron chi connectivity index (χ0n) is 8.86. The number of ether oxygens (including phenoxy) is 1. The van der Waals surface area contributed by atoms with Crippen LogP contribution in [0.3, 0.4) is 0 Å². The molecule has 76 valence electrons. The Kier molecular flexibility index (Phi) is 2.37. The van der Waals surface area contributed by atoms with Crippen LogP contribution in [0.4, 0.5) is 0 Å². The van der Waals surface area contributed by atoms with Crippen molar-refractivity contribution in [1.82, 2.24) is 5.32 Å². The molecule has 0 radical (unpaired) electrons. The van der Waals surface area contributed by atoms with E-state index in [0.29, 0.717) is 0 Å². The van der Waals surface area contributed by atoms with E-state index < -0.39 is 0 Å². The zero-order valence-corrected chi connectivity index (χ0v) is 8.86. The van der Waals surface area contributed by atoms with Crippen LogP contribution >= 0.6 is 0 Å². The van der Waals surface area contributed by atoms with Gasteiger partial charge in [0.05, 0.1) is 12.2 Å². The number of nitrogens with one attached hydrogen (secondary N) is 1. The molecule has 2 nitrogen and oxygen atoms in total. The summed E-state index contributed by atoms with van der Waals surface area (Å²) in [4.78, 5) is 0. The highest BCUT2D eigenvalue weighted by Gasteiger charge is 2.54. The van der Waals surface area contributed by atoms with E-state index in [4.69, 9.17) is 4.74 Å². The SMILES string of the molecule is CCN[C@@]1(C)CCCCC12CCO2. The number of hydrogen-bond acceptors (Lipinski definition) is 2. The normalized spacial score (nSPS) is 44.8. The molecule has 2 heteroatoms. The van der Waals surface area contributed by atoms with Crippen molar-refractivity contribution in [2.24, 2.45) is 0 Å². The maximum absolute atomic E-state index is 5.86. The standard InChI is InChI=1S/C11H21NO/c1-3-12-10(2)6-4-5-7-11(10)8-9-13-11/h12H,3-9H2,1-2H3/t10-,11?/m0/s1. The molecule has 2 atom stereocenters. The second kappa shape index (κ2) is 3.25. The van der Waals surface area contributed by atoms with Gasteiger partial charge in [-0.2, -0.15) is 0 Å². The van der Waals surface area contributed by atoms with Gasteiger partial charge in [-0.3, -0.25) is 0 Å². The summed E-state index contributed by atoms with van der Waals surface area (Å²) < 4.78 is 5.86. The Balaban J connectivity index is 2.12. The fraction of sp³-hybridized carbons (Fsp3) is 1.00. The van der Waals surface area contributed by atoms with E-state index in [9.17, 15) is 0 Å². The van der Waals surface area contributed by atoms with Crippen molar-refractivity contribution in [3.8, 4) is 0 Å². The summed E-state index contributed by atoms with van der Waals surface area (Å²) in [5, 5.41) is 3.63. The lowest BCUT2D eigenvalue weighted by Gasteiger charge is -2.57. The lowest BCUT2D eigenvalue weighted by molar-refractivity contribution is -0.210. The minimum atomic E-state index is 0.196. The molecule has 1 heterocycles. The predicted molar refractivity (Wildman–Crippen MR) is 53.8 cm³/mol. The van der Waals surface area contributed by atoms with Crippen LogP contribution in [0.25, 0.3) is 0 Å². The molecule has 2 rings (SSSR count). The number of rotatable bonds is 2. The van der Waals surface area contributed by atoms with Gasteiger partial charge in [-0.05, 0) is 26.3 Å². The lowest BCUT2D eigenvalue weighted by Crippen LogP contribution is -2.68.